The largest absolute Gasteiger partial charge is 0.497 e. The predicted molar refractivity (Wildman–Crippen MR) is 138 cm³/mol. The Morgan fingerprint density at radius 2 is 1.81 bits per heavy atom. The van der Waals surface area contributed by atoms with Crippen molar-refractivity contribution in [2.24, 2.45) is 11.8 Å². The number of fused-ring (bicyclic) bond motifs is 1. The lowest BCUT2D eigenvalue weighted by Gasteiger charge is -2.30. The SMILES string of the molecule is COc1cccc([C@@H]2[C@@H](NC(=O)C3CC3)[C@H](C)C(=O)N2c2ccc3c(cnn3-c3ccc(F)cc3)c2)c1. The maximum Gasteiger partial charge on any atom is 0.232 e. The number of nitrogens with zero attached hydrogens (tertiary/aromatic N) is 3. The minimum absolute atomic E-state index is 0.00965. The molecular weight excluding hydrogens is 471 g/mol. The molecule has 1 aliphatic heterocycles. The average Bonchev–Trinajstić information content (AvgIpc) is 3.65. The number of rotatable bonds is 6. The maximum absolute atomic E-state index is 13.7. The highest BCUT2D eigenvalue weighted by atomic mass is 19.1. The van der Waals surface area contributed by atoms with Gasteiger partial charge in [-0.1, -0.05) is 19.1 Å². The molecule has 1 aromatic heterocycles. The first-order valence-corrected chi connectivity index (χ1v) is 12.5. The predicted octanol–water partition coefficient (Wildman–Crippen LogP) is 4.79. The van der Waals surface area contributed by atoms with E-state index in [2.05, 4.69) is 10.4 Å². The fourth-order valence-corrected chi connectivity index (χ4v) is 5.20. The number of nitrogens with one attached hydrogen (secondary N) is 1. The third-order valence-corrected chi connectivity index (χ3v) is 7.38. The van der Waals surface area contributed by atoms with Gasteiger partial charge in [-0.15, -0.1) is 0 Å². The van der Waals surface area contributed by atoms with E-state index in [4.69, 9.17) is 4.74 Å². The van der Waals surface area contributed by atoms with Gasteiger partial charge in [-0.2, -0.15) is 5.10 Å². The Morgan fingerprint density at radius 1 is 1.05 bits per heavy atom. The molecule has 3 aromatic carbocycles. The Morgan fingerprint density at radius 3 is 2.54 bits per heavy atom. The molecule has 1 saturated heterocycles. The summed E-state index contributed by atoms with van der Waals surface area (Å²) in [7, 11) is 1.61. The van der Waals surface area contributed by atoms with Gasteiger partial charge in [0.05, 0.1) is 42.5 Å². The van der Waals surface area contributed by atoms with Crippen LogP contribution in [0.3, 0.4) is 0 Å². The van der Waals surface area contributed by atoms with Crippen LogP contribution in [0.25, 0.3) is 16.6 Å². The first-order chi connectivity index (χ1) is 17.9. The number of anilines is 1. The van der Waals surface area contributed by atoms with Gasteiger partial charge in [0.2, 0.25) is 11.8 Å². The highest BCUT2D eigenvalue weighted by Gasteiger charge is 2.49. The zero-order chi connectivity index (χ0) is 25.7. The molecule has 2 aliphatic rings. The monoisotopic (exact) mass is 498 g/mol. The van der Waals surface area contributed by atoms with Gasteiger partial charge in [-0.05, 0) is 73.0 Å². The highest BCUT2D eigenvalue weighted by Crippen LogP contribution is 2.42. The van der Waals surface area contributed by atoms with Gasteiger partial charge in [0.1, 0.15) is 11.6 Å². The molecule has 0 bridgehead atoms. The highest BCUT2D eigenvalue weighted by molar-refractivity contribution is 6.01. The topological polar surface area (TPSA) is 76.5 Å². The molecule has 1 saturated carbocycles. The summed E-state index contributed by atoms with van der Waals surface area (Å²) in [5, 5.41) is 8.52. The van der Waals surface area contributed by atoms with Crippen molar-refractivity contribution >= 4 is 28.4 Å². The Kier molecular flexibility index (Phi) is 5.67. The van der Waals surface area contributed by atoms with Crippen LogP contribution in [0.2, 0.25) is 0 Å². The van der Waals surface area contributed by atoms with Crippen molar-refractivity contribution in [1.29, 1.82) is 0 Å². The summed E-state index contributed by atoms with van der Waals surface area (Å²) in [6.07, 6.45) is 3.52. The molecule has 3 atom stereocenters. The number of carbonyl (C=O) groups excluding carboxylic acids is 2. The van der Waals surface area contributed by atoms with Crippen LogP contribution in [-0.4, -0.2) is 34.7 Å². The minimum Gasteiger partial charge on any atom is -0.497 e. The van der Waals surface area contributed by atoms with E-state index >= 15 is 0 Å². The molecule has 1 aliphatic carbocycles. The third kappa shape index (κ3) is 4.12. The third-order valence-electron chi connectivity index (χ3n) is 7.38. The van der Waals surface area contributed by atoms with Gasteiger partial charge in [-0.25, -0.2) is 9.07 Å². The lowest BCUT2D eigenvalue weighted by atomic mass is 9.94. The lowest BCUT2D eigenvalue weighted by molar-refractivity contribution is -0.123. The molecule has 0 radical (unpaired) electrons. The van der Waals surface area contributed by atoms with E-state index in [0.717, 1.165) is 40.7 Å². The number of aromatic nitrogens is 2. The summed E-state index contributed by atoms with van der Waals surface area (Å²) in [5.74, 6) is -0.0362. The van der Waals surface area contributed by atoms with Crippen LogP contribution in [0.15, 0.2) is 72.9 Å². The average molecular weight is 499 g/mol. The van der Waals surface area contributed by atoms with Crippen LogP contribution in [0.5, 0.6) is 5.75 Å². The van der Waals surface area contributed by atoms with Crippen LogP contribution in [0.1, 0.15) is 31.4 Å². The first kappa shape index (κ1) is 23.2. The van der Waals surface area contributed by atoms with Gasteiger partial charge in [0.25, 0.3) is 0 Å². The molecule has 2 amide bonds. The lowest BCUT2D eigenvalue weighted by Crippen LogP contribution is -2.42. The van der Waals surface area contributed by atoms with E-state index in [1.807, 2.05) is 49.4 Å². The smallest absolute Gasteiger partial charge is 0.232 e. The van der Waals surface area contributed by atoms with E-state index in [1.165, 1.54) is 12.1 Å². The second-order valence-corrected chi connectivity index (χ2v) is 9.80. The number of methoxy groups -OCH3 is 1. The fraction of sp³-hybridized carbons (Fsp3) is 0.276. The molecule has 1 N–H and O–H groups in total. The van der Waals surface area contributed by atoms with Crippen LogP contribution in [-0.2, 0) is 9.59 Å². The van der Waals surface area contributed by atoms with Crippen molar-refractivity contribution in [2.75, 3.05) is 12.0 Å². The van der Waals surface area contributed by atoms with Gasteiger partial charge < -0.3 is 15.0 Å². The number of amides is 2. The zero-order valence-corrected chi connectivity index (χ0v) is 20.6. The van der Waals surface area contributed by atoms with Crippen LogP contribution < -0.4 is 15.0 Å². The number of halogens is 1. The molecular formula is C29H27FN4O3. The summed E-state index contributed by atoms with van der Waals surface area (Å²) >= 11 is 0. The Labute approximate surface area is 213 Å². The summed E-state index contributed by atoms with van der Waals surface area (Å²) in [4.78, 5) is 28.3. The van der Waals surface area contributed by atoms with E-state index in [9.17, 15) is 14.0 Å². The molecule has 0 spiro atoms. The molecule has 0 unspecified atom stereocenters. The maximum atomic E-state index is 13.7. The standard InChI is InChI=1S/C29H27FN4O3/c1-17-26(32-28(35)18-6-7-18)27(19-4-3-5-24(15-19)37-2)33(29(17)36)23-12-13-25-20(14-23)16-31-34(25)22-10-8-21(30)9-11-22/h3-5,8-18,26-27H,6-7H2,1-2H3,(H,32,35)/t17-,26-,27+/m0/s1. The summed E-state index contributed by atoms with van der Waals surface area (Å²) in [5.41, 5.74) is 3.19. The van der Waals surface area contributed by atoms with E-state index in [1.54, 1.807) is 35.0 Å². The van der Waals surface area contributed by atoms with Crippen molar-refractivity contribution in [3.8, 4) is 11.4 Å². The van der Waals surface area contributed by atoms with Crippen molar-refractivity contribution < 1.29 is 18.7 Å². The Bertz CT molecular complexity index is 1490. The molecule has 37 heavy (non-hydrogen) atoms. The van der Waals surface area contributed by atoms with E-state index in [-0.39, 0.29) is 29.6 Å². The number of hydrogen-bond acceptors (Lipinski definition) is 4. The number of benzene rings is 3. The molecule has 2 heterocycles. The zero-order valence-electron chi connectivity index (χ0n) is 20.6. The quantitative estimate of drug-likeness (QED) is 0.415. The summed E-state index contributed by atoms with van der Waals surface area (Å²) < 4.78 is 20.6. The van der Waals surface area contributed by atoms with E-state index in [0.29, 0.717) is 5.75 Å². The molecule has 2 fully saturated rings. The molecule has 4 aromatic rings. The number of carbonyl (C=O) groups is 2. The van der Waals surface area contributed by atoms with Gasteiger partial charge in [0, 0.05) is 17.0 Å². The molecule has 7 nitrogen and oxygen atoms in total. The van der Waals surface area contributed by atoms with Crippen molar-refractivity contribution in [2.45, 2.75) is 31.8 Å². The number of ether oxygens (including phenoxy) is 1. The van der Waals surface area contributed by atoms with Crippen molar-refractivity contribution in [3.05, 3.63) is 84.3 Å². The molecule has 6 rings (SSSR count). The Hall–Kier alpha value is -4.20. The van der Waals surface area contributed by atoms with Gasteiger partial charge >= 0.3 is 0 Å². The van der Waals surface area contributed by atoms with Crippen LogP contribution >= 0.6 is 0 Å². The first-order valence-electron chi connectivity index (χ1n) is 12.5. The van der Waals surface area contributed by atoms with E-state index < -0.39 is 12.0 Å². The summed E-state index contributed by atoms with van der Waals surface area (Å²) in [6.45, 7) is 1.87. The fourth-order valence-electron chi connectivity index (χ4n) is 5.20. The van der Waals surface area contributed by atoms with Gasteiger partial charge in [0.15, 0.2) is 0 Å². The second-order valence-electron chi connectivity index (χ2n) is 9.80. The van der Waals surface area contributed by atoms with Crippen LogP contribution in [0.4, 0.5) is 10.1 Å². The second kappa shape index (κ2) is 9.03. The minimum atomic E-state index is -0.406. The van der Waals surface area contributed by atoms with Crippen LogP contribution in [0, 0.1) is 17.7 Å². The van der Waals surface area contributed by atoms with Crippen molar-refractivity contribution in [1.82, 2.24) is 15.1 Å². The van der Waals surface area contributed by atoms with Crippen molar-refractivity contribution in [3.63, 3.8) is 0 Å². The van der Waals surface area contributed by atoms with Gasteiger partial charge in [-0.3, -0.25) is 9.59 Å². The Balaban J connectivity index is 1.42. The molecule has 188 valence electrons. The number of hydrogen-bond donors (Lipinski definition) is 1. The summed E-state index contributed by atoms with van der Waals surface area (Å²) in [6, 6.07) is 18.8. The normalized spacial score (nSPS) is 21.4. The molecule has 8 heteroatoms.